The van der Waals surface area contributed by atoms with E-state index < -0.39 is 5.92 Å². The first-order valence-electron chi connectivity index (χ1n) is 10.8. The fourth-order valence-electron chi connectivity index (χ4n) is 4.63. The van der Waals surface area contributed by atoms with Crippen molar-refractivity contribution in [1.82, 2.24) is 4.90 Å². The quantitative estimate of drug-likeness (QED) is 0.358. The first-order valence-corrected chi connectivity index (χ1v) is 10.8. The van der Waals surface area contributed by atoms with Crippen molar-refractivity contribution in [2.75, 3.05) is 0 Å². The first kappa shape index (κ1) is 20.0. The van der Waals surface area contributed by atoms with E-state index in [4.69, 9.17) is 0 Å². The van der Waals surface area contributed by atoms with Crippen LogP contribution in [0.4, 0.5) is 0 Å². The van der Waals surface area contributed by atoms with Crippen molar-refractivity contribution in [1.29, 1.82) is 0 Å². The first-order chi connectivity index (χ1) is 15.7. The van der Waals surface area contributed by atoms with Gasteiger partial charge in [-0.15, -0.1) is 0 Å². The predicted molar refractivity (Wildman–Crippen MR) is 125 cm³/mol. The van der Waals surface area contributed by atoms with Crippen molar-refractivity contribution >= 4 is 11.7 Å². The van der Waals surface area contributed by atoms with Gasteiger partial charge in [-0.3, -0.25) is 9.59 Å². The maximum atomic E-state index is 13.9. The number of nitrogens with zero attached hydrogens (tertiary/aromatic N) is 1. The Kier molecular flexibility index (Phi) is 5.39. The molecule has 32 heavy (non-hydrogen) atoms. The molecule has 0 radical (unpaired) electrons. The molecule has 5 rings (SSSR count). The lowest BCUT2D eigenvalue weighted by atomic mass is 9.81. The zero-order chi connectivity index (χ0) is 21.9. The summed E-state index contributed by atoms with van der Waals surface area (Å²) in [7, 11) is 0. The molecule has 0 saturated carbocycles. The van der Waals surface area contributed by atoms with Gasteiger partial charge in [-0.2, -0.15) is 0 Å². The SMILES string of the molecule is O=C(c1ccccc1)C(c1ccccc1)C1c2ccccc2C(=O)N1Cc1ccccc1. The van der Waals surface area contributed by atoms with Gasteiger partial charge in [0.2, 0.25) is 0 Å². The zero-order valence-electron chi connectivity index (χ0n) is 17.6. The third-order valence-corrected chi connectivity index (χ3v) is 6.12. The van der Waals surface area contributed by atoms with Crippen LogP contribution in [0.1, 0.15) is 49.4 Å². The molecule has 1 heterocycles. The van der Waals surface area contributed by atoms with Crippen molar-refractivity contribution in [3.05, 3.63) is 143 Å². The molecule has 0 bridgehead atoms. The molecular weight excluding hydrogens is 394 g/mol. The van der Waals surface area contributed by atoms with E-state index >= 15 is 0 Å². The van der Waals surface area contributed by atoms with Crippen LogP contribution in [0.2, 0.25) is 0 Å². The van der Waals surface area contributed by atoms with Gasteiger partial charge in [0.1, 0.15) is 0 Å². The van der Waals surface area contributed by atoms with E-state index in [0.717, 1.165) is 16.7 Å². The molecule has 4 aromatic rings. The lowest BCUT2D eigenvalue weighted by molar-refractivity contribution is 0.0660. The molecule has 4 aromatic carbocycles. The summed E-state index contributed by atoms with van der Waals surface area (Å²) >= 11 is 0. The summed E-state index contributed by atoms with van der Waals surface area (Å²) in [6.45, 7) is 0.449. The average Bonchev–Trinajstić information content (AvgIpc) is 3.13. The van der Waals surface area contributed by atoms with Crippen LogP contribution in [0.15, 0.2) is 115 Å². The second-order valence-electron chi connectivity index (χ2n) is 8.07. The lowest BCUT2D eigenvalue weighted by Crippen LogP contribution is -2.34. The molecule has 2 atom stereocenters. The van der Waals surface area contributed by atoms with E-state index in [1.54, 1.807) is 0 Å². The molecule has 1 aliphatic rings. The summed E-state index contributed by atoms with van der Waals surface area (Å²) in [6.07, 6.45) is 0. The van der Waals surface area contributed by atoms with E-state index in [0.29, 0.717) is 17.7 Å². The van der Waals surface area contributed by atoms with E-state index in [2.05, 4.69) is 0 Å². The Hall–Kier alpha value is -3.98. The number of amides is 1. The van der Waals surface area contributed by atoms with Crippen LogP contribution in [0.5, 0.6) is 0 Å². The van der Waals surface area contributed by atoms with Crippen LogP contribution in [0, 0.1) is 0 Å². The number of carbonyl (C=O) groups excluding carboxylic acids is 2. The Balaban J connectivity index is 1.66. The summed E-state index contributed by atoms with van der Waals surface area (Å²) < 4.78 is 0. The normalized spacial score (nSPS) is 15.9. The highest BCUT2D eigenvalue weighted by atomic mass is 16.2. The van der Waals surface area contributed by atoms with Crippen LogP contribution in [-0.2, 0) is 6.54 Å². The smallest absolute Gasteiger partial charge is 0.255 e. The van der Waals surface area contributed by atoms with Crippen LogP contribution < -0.4 is 0 Å². The van der Waals surface area contributed by atoms with E-state index in [-0.39, 0.29) is 17.7 Å². The lowest BCUT2D eigenvalue weighted by Gasteiger charge is -2.32. The highest BCUT2D eigenvalue weighted by molar-refractivity contribution is 6.05. The summed E-state index contributed by atoms with van der Waals surface area (Å²) in [5.41, 5.74) is 4.19. The van der Waals surface area contributed by atoms with Gasteiger partial charge in [0.25, 0.3) is 5.91 Å². The fraction of sp³-hybridized carbons (Fsp3) is 0.103. The average molecular weight is 418 g/mol. The molecule has 3 heteroatoms. The molecule has 0 spiro atoms. The molecule has 0 aliphatic carbocycles. The second kappa shape index (κ2) is 8.64. The summed E-state index contributed by atoms with van der Waals surface area (Å²) in [5, 5.41) is 0. The number of carbonyl (C=O) groups is 2. The fourth-order valence-corrected chi connectivity index (χ4v) is 4.63. The highest BCUT2D eigenvalue weighted by Crippen LogP contribution is 2.45. The number of hydrogen-bond acceptors (Lipinski definition) is 2. The van der Waals surface area contributed by atoms with Crippen LogP contribution in [0.3, 0.4) is 0 Å². The molecule has 0 aromatic heterocycles. The molecule has 0 N–H and O–H groups in total. The molecule has 1 aliphatic heterocycles. The highest BCUT2D eigenvalue weighted by Gasteiger charge is 2.44. The van der Waals surface area contributed by atoms with Crippen LogP contribution in [-0.4, -0.2) is 16.6 Å². The van der Waals surface area contributed by atoms with Crippen molar-refractivity contribution in [2.45, 2.75) is 18.5 Å². The minimum Gasteiger partial charge on any atom is -0.326 e. The Labute approximate surface area is 188 Å². The van der Waals surface area contributed by atoms with Gasteiger partial charge in [0.15, 0.2) is 5.78 Å². The van der Waals surface area contributed by atoms with Gasteiger partial charge >= 0.3 is 0 Å². The molecule has 2 unspecified atom stereocenters. The number of fused-ring (bicyclic) bond motifs is 1. The van der Waals surface area contributed by atoms with Gasteiger partial charge < -0.3 is 4.90 Å². The standard InChI is InChI=1S/C29H23NO2/c31-28(23-16-8-3-9-17-23)26(22-14-6-2-7-15-22)27-24-18-10-11-19-25(24)29(32)30(27)20-21-12-4-1-5-13-21/h1-19,26-27H,20H2. The molecule has 0 fully saturated rings. The van der Waals surface area contributed by atoms with Crippen molar-refractivity contribution < 1.29 is 9.59 Å². The Morgan fingerprint density at radius 1 is 0.719 bits per heavy atom. The Bertz CT molecular complexity index is 1240. The minimum absolute atomic E-state index is 0.0179. The summed E-state index contributed by atoms with van der Waals surface area (Å²) in [5.74, 6) is -0.518. The molecule has 3 nitrogen and oxygen atoms in total. The van der Waals surface area contributed by atoms with Gasteiger partial charge in [-0.25, -0.2) is 0 Å². The number of rotatable bonds is 6. The van der Waals surface area contributed by atoms with Gasteiger partial charge in [0, 0.05) is 17.7 Å². The van der Waals surface area contributed by atoms with Crippen molar-refractivity contribution in [2.24, 2.45) is 0 Å². The monoisotopic (exact) mass is 417 g/mol. The Morgan fingerprint density at radius 2 is 1.28 bits per heavy atom. The number of hydrogen-bond donors (Lipinski definition) is 0. The number of Topliss-reactive ketones (excluding diaryl/α,β-unsaturated/α-hetero) is 1. The predicted octanol–water partition coefficient (Wildman–Crippen LogP) is 6.05. The maximum Gasteiger partial charge on any atom is 0.255 e. The largest absolute Gasteiger partial charge is 0.326 e. The van der Waals surface area contributed by atoms with E-state index in [9.17, 15) is 9.59 Å². The van der Waals surface area contributed by atoms with Crippen molar-refractivity contribution in [3.8, 4) is 0 Å². The second-order valence-corrected chi connectivity index (χ2v) is 8.07. The summed E-state index contributed by atoms with van der Waals surface area (Å²) in [4.78, 5) is 29.3. The van der Waals surface area contributed by atoms with Crippen LogP contribution >= 0.6 is 0 Å². The van der Waals surface area contributed by atoms with Crippen molar-refractivity contribution in [3.63, 3.8) is 0 Å². The summed E-state index contributed by atoms with van der Waals surface area (Å²) in [6, 6.07) is 36.4. The third-order valence-electron chi connectivity index (χ3n) is 6.12. The van der Waals surface area contributed by atoms with Gasteiger partial charge in [-0.05, 0) is 22.8 Å². The zero-order valence-corrected chi connectivity index (χ0v) is 17.6. The maximum absolute atomic E-state index is 13.9. The van der Waals surface area contributed by atoms with Crippen LogP contribution in [0.25, 0.3) is 0 Å². The number of ketones is 1. The Morgan fingerprint density at radius 3 is 1.97 bits per heavy atom. The molecular formula is C29H23NO2. The van der Waals surface area contributed by atoms with E-state index in [1.807, 2.05) is 120 Å². The molecule has 0 saturated heterocycles. The van der Waals surface area contributed by atoms with E-state index in [1.165, 1.54) is 0 Å². The number of benzene rings is 4. The molecule has 1 amide bonds. The van der Waals surface area contributed by atoms with Gasteiger partial charge in [0.05, 0.1) is 12.0 Å². The third kappa shape index (κ3) is 3.63. The van der Waals surface area contributed by atoms with Gasteiger partial charge in [-0.1, -0.05) is 109 Å². The topological polar surface area (TPSA) is 37.4 Å². The minimum atomic E-state index is -0.505. The molecule has 156 valence electrons.